The third-order valence-electron chi connectivity index (χ3n) is 4.44. The van der Waals surface area contributed by atoms with E-state index in [2.05, 4.69) is 4.98 Å². The SMILES string of the molecule is CCOc1ccc(-n2c(C(C)N)nc3c(c2=O)CCCN3C(C)=O)cc1. The van der Waals surface area contributed by atoms with Crippen LogP contribution in [0.3, 0.4) is 0 Å². The van der Waals surface area contributed by atoms with E-state index in [4.69, 9.17) is 10.5 Å². The lowest BCUT2D eigenvalue weighted by Crippen LogP contribution is -2.40. The van der Waals surface area contributed by atoms with Crippen LogP contribution in [0, 0.1) is 0 Å². The Morgan fingerprint density at radius 3 is 2.62 bits per heavy atom. The number of nitrogens with two attached hydrogens (primary N) is 1. The molecule has 0 saturated heterocycles. The van der Waals surface area contributed by atoms with Crippen molar-refractivity contribution in [1.82, 2.24) is 9.55 Å². The fourth-order valence-corrected chi connectivity index (χ4v) is 3.24. The van der Waals surface area contributed by atoms with Crippen LogP contribution in [0.15, 0.2) is 29.1 Å². The van der Waals surface area contributed by atoms with Gasteiger partial charge in [0.2, 0.25) is 5.91 Å². The van der Waals surface area contributed by atoms with Gasteiger partial charge in [-0.1, -0.05) is 0 Å². The fourth-order valence-electron chi connectivity index (χ4n) is 3.24. The predicted molar refractivity (Wildman–Crippen MR) is 100.0 cm³/mol. The van der Waals surface area contributed by atoms with Crippen molar-refractivity contribution in [2.75, 3.05) is 18.1 Å². The highest BCUT2D eigenvalue weighted by molar-refractivity contribution is 5.91. The third kappa shape index (κ3) is 3.22. The van der Waals surface area contributed by atoms with Crippen molar-refractivity contribution in [2.24, 2.45) is 5.73 Å². The summed E-state index contributed by atoms with van der Waals surface area (Å²) >= 11 is 0. The van der Waals surface area contributed by atoms with Crippen LogP contribution < -0.4 is 20.9 Å². The molecular formula is C19H24N4O3. The first kappa shape index (κ1) is 18.1. The normalized spacial score (nSPS) is 14.7. The van der Waals surface area contributed by atoms with E-state index in [1.54, 1.807) is 16.4 Å². The largest absolute Gasteiger partial charge is 0.494 e. The average Bonchev–Trinajstić information content (AvgIpc) is 2.62. The van der Waals surface area contributed by atoms with Gasteiger partial charge in [-0.15, -0.1) is 0 Å². The number of fused-ring (bicyclic) bond motifs is 1. The average molecular weight is 356 g/mol. The number of nitrogens with zero attached hydrogens (tertiary/aromatic N) is 3. The smallest absolute Gasteiger partial charge is 0.263 e. The molecule has 2 heterocycles. The highest BCUT2D eigenvalue weighted by Crippen LogP contribution is 2.26. The summed E-state index contributed by atoms with van der Waals surface area (Å²) in [6, 6.07) is 6.81. The summed E-state index contributed by atoms with van der Waals surface area (Å²) in [4.78, 5) is 31.3. The molecule has 3 rings (SSSR count). The van der Waals surface area contributed by atoms with E-state index >= 15 is 0 Å². The van der Waals surface area contributed by atoms with Crippen LogP contribution >= 0.6 is 0 Å². The third-order valence-corrected chi connectivity index (χ3v) is 4.44. The Bertz CT molecular complexity index is 872. The van der Waals surface area contributed by atoms with Crippen LogP contribution in [0.2, 0.25) is 0 Å². The molecule has 0 radical (unpaired) electrons. The number of hydrogen-bond donors (Lipinski definition) is 1. The minimum absolute atomic E-state index is 0.118. The summed E-state index contributed by atoms with van der Waals surface area (Å²) in [5.41, 5.74) is 7.18. The second-order valence-electron chi connectivity index (χ2n) is 6.40. The first-order valence-electron chi connectivity index (χ1n) is 8.86. The van der Waals surface area contributed by atoms with Gasteiger partial charge in [0.15, 0.2) is 0 Å². The number of anilines is 1. The lowest BCUT2D eigenvalue weighted by Gasteiger charge is -2.29. The Morgan fingerprint density at radius 2 is 2.04 bits per heavy atom. The van der Waals surface area contributed by atoms with Gasteiger partial charge >= 0.3 is 0 Å². The van der Waals surface area contributed by atoms with E-state index in [0.717, 1.165) is 12.2 Å². The first-order chi connectivity index (χ1) is 12.4. The minimum atomic E-state index is -0.463. The van der Waals surface area contributed by atoms with Gasteiger partial charge in [-0.25, -0.2) is 4.98 Å². The quantitative estimate of drug-likeness (QED) is 0.904. The zero-order valence-electron chi connectivity index (χ0n) is 15.4. The molecule has 0 fully saturated rings. The van der Waals surface area contributed by atoms with Gasteiger partial charge in [-0.05, 0) is 51.0 Å². The maximum Gasteiger partial charge on any atom is 0.263 e. The monoisotopic (exact) mass is 356 g/mol. The molecular weight excluding hydrogens is 332 g/mol. The number of carbonyl (C=O) groups excluding carboxylic acids is 1. The minimum Gasteiger partial charge on any atom is -0.494 e. The van der Waals surface area contributed by atoms with Crippen molar-refractivity contribution in [1.29, 1.82) is 0 Å². The Hall–Kier alpha value is -2.67. The Morgan fingerprint density at radius 1 is 1.35 bits per heavy atom. The zero-order chi connectivity index (χ0) is 18.8. The van der Waals surface area contributed by atoms with Gasteiger partial charge in [0.1, 0.15) is 17.4 Å². The highest BCUT2D eigenvalue weighted by Gasteiger charge is 2.27. The Labute approximate surface area is 152 Å². The second-order valence-corrected chi connectivity index (χ2v) is 6.40. The molecule has 0 spiro atoms. The molecule has 7 heteroatoms. The maximum absolute atomic E-state index is 13.2. The van der Waals surface area contributed by atoms with Crippen LogP contribution in [-0.4, -0.2) is 28.6 Å². The van der Waals surface area contributed by atoms with Crippen LogP contribution in [0.5, 0.6) is 5.75 Å². The molecule has 1 aliphatic rings. The standard InChI is InChI=1S/C19H24N4O3/c1-4-26-15-9-7-14(8-10-15)23-17(12(2)20)21-18-16(19(23)25)6-5-11-22(18)13(3)24/h7-10,12H,4-6,11,20H2,1-3H3. The highest BCUT2D eigenvalue weighted by atomic mass is 16.5. The summed E-state index contributed by atoms with van der Waals surface area (Å²) in [5.74, 6) is 1.50. The molecule has 7 nitrogen and oxygen atoms in total. The second kappa shape index (κ2) is 7.29. The molecule has 1 aromatic heterocycles. The number of rotatable bonds is 4. The van der Waals surface area contributed by atoms with E-state index in [9.17, 15) is 9.59 Å². The van der Waals surface area contributed by atoms with E-state index in [0.29, 0.717) is 42.5 Å². The fraction of sp³-hybridized carbons (Fsp3) is 0.421. The van der Waals surface area contributed by atoms with E-state index in [-0.39, 0.29) is 11.5 Å². The Balaban J connectivity index is 2.19. The van der Waals surface area contributed by atoms with E-state index in [1.165, 1.54) is 6.92 Å². The molecule has 1 unspecified atom stereocenters. The van der Waals surface area contributed by atoms with Gasteiger partial charge in [-0.3, -0.25) is 19.1 Å². The summed E-state index contributed by atoms with van der Waals surface area (Å²) in [7, 11) is 0. The zero-order valence-corrected chi connectivity index (χ0v) is 15.4. The number of ether oxygens (including phenoxy) is 1. The topological polar surface area (TPSA) is 90.4 Å². The van der Waals surface area contributed by atoms with Gasteiger partial charge < -0.3 is 10.5 Å². The number of benzene rings is 1. The van der Waals surface area contributed by atoms with Gasteiger partial charge in [0.25, 0.3) is 5.56 Å². The summed E-state index contributed by atoms with van der Waals surface area (Å²) in [6.45, 7) is 6.33. The summed E-state index contributed by atoms with van der Waals surface area (Å²) in [6.07, 6.45) is 1.34. The predicted octanol–water partition coefficient (Wildman–Crippen LogP) is 1.95. The maximum atomic E-state index is 13.2. The lowest BCUT2D eigenvalue weighted by atomic mass is 10.1. The molecule has 0 saturated carbocycles. The molecule has 0 aliphatic carbocycles. The molecule has 26 heavy (non-hydrogen) atoms. The molecule has 1 atom stereocenters. The molecule has 1 aliphatic heterocycles. The first-order valence-corrected chi connectivity index (χ1v) is 8.86. The molecule has 138 valence electrons. The van der Waals surface area contributed by atoms with E-state index in [1.807, 2.05) is 31.2 Å². The number of amides is 1. The van der Waals surface area contributed by atoms with Crippen molar-refractivity contribution >= 4 is 11.7 Å². The van der Waals surface area contributed by atoms with Crippen LogP contribution in [0.4, 0.5) is 5.82 Å². The van der Waals surface area contributed by atoms with Crippen molar-refractivity contribution in [3.63, 3.8) is 0 Å². The lowest BCUT2D eigenvalue weighted by molar-refractivity contribution is -0.116. The Kier molecular flexibility index (Phi) is 5.08. The van der Waals surface area contributed by atoms with Crippen molar-refractivity contribution in [2.45, 2.75) is 39.7 Å². The van der Waals surface area contributed by atoms with Crippen molar-refractivity contribution < 1.29 is 9.53 Å². The van der Waals surface area contributed by atoms with Crippen LogP contribution in [-0.2, 0) is 11.2 Å². The molecule has 2 N–H and O–H groups in total. The van der Waals surface area contributed by atoms with Gasteiger partial charge in [0.05, 0.1) is 23.9 Å². The summed E-state index contributed by atoms with van der Waals surface area (Å²) < 4.78 is 7.01. The molecule has 0 bridgehead atoms. The van der Waals surface area contributed by atoms with Crippen molar-refractivity contribution in [3.8, 4) is 11.4 Å². The molecule has 1 amide bonds. The molecule has 1 aromatic carbocycles. The number of aromatic nitrogens is 2. The van der Waals surface area contributed by atoms with E-state index < -0.39 is 6.04 Å². The summed E-state index contributed by atoms with van der Waals surface area (Å²) in [5, 5.41) is 0. The van der Waals surface area contributed by atoms with Gasteiger partial charge in [-0.2, -0.15) is 0 Å². The molecule has 2 aromatic rings. The van der Waals surface area contributed by atoms with Crippen LogP contribution in [0.25, 0.3) is 5.69 Å². The number of hydrogen-bond acceptors (Lipinski definition) is 5. The van der Waals surface area contributed by atoms with Gasteiger partial charge in [0, 0.05) is 13.5 Å². The number of carbonyl (C=O) groups is 1. The van der Waals surface area contributed by atoms with Crippen LogP contribution in [0.1, 0.15) is 44.6 Å². The van der Waals surface area contributed by atoms with Crippen molar-refractivity contribution in [3.05, 3.63) is 46.0 Å².